The van der Waals surface area contributed by atoms with Crippen LogP contribution in [0, 0.1) is 0 Å². The molecule has 0 saturated heterocycles. The number of aliphatic carboxylic acids is 1. The number of thioether (sulfide) groups is 1. The van der Waals surface area contributed by atoms with Crippen molar-refractivity contribution in [3.8, 4) is 0 Å². The molecular weight excluding hydrogens is 318 g/mol. The molecule has 20 heavy (non-hydrogen) atoms. The van der Waals surface area contributed by atoms with Gasteiger partial charge in [0.15, 0.2) is 0 Å². The van der Waals surface area contributed by atoms with Crippen LogP contribution in [0.1, 0.15) is 25.0 Å². The number of carboxylic acid groups (broad SMARTS) is 1. The summed E-state index contributed by atoms with van der Waals surface area (Å²) in [4.78, 5) is 12.7. The zero-order valence-electron chi connectivity index (χ0n) is 11.2. The van der Waals surface area contributed by atoms with Gasteiger partial charge in [0.25, 0.3) is 0 Å². The molecule has 0 aliphatic carbocycles. The van der Waals surface area contributed by atoms with E-state index in [1.165, 1.54) is 17.3 Å². The summed E-state index contributed by atoms with van der Waals surface area (Å²) in [5.74, 6) is 0.0298. The highest BCUT2D eigenvalue weighted by molar-refractivity contribution is 7.99. The third-order valence-electron chi connectivity index (χ3n) is 2.88. The molecule has 0 amide bonds. The Morgan fingerprint density at radius 3 is 3.05 bits per heavy atom. The van der Waals surface area contributed by atoms with Crippen LogP contribution in [0.25, 0.3) is 5.57 Å². The fourth-order valence-electron chi connectivity index (χ4n) is 1.93. The van der Waals surface area contributed by atoms with Crippen molar-refractivity contribution in [1.82, 2.24) is 13.6 Å². The first kappa shape index (κ1) is 17.4. The van der Waals surface area contributed by atoms with E-state index in [4.69, 9.17) is 5.11 Å². The molecule has 0 bridgehead atoms. The normalized spacial score (nSPS) is 15.6. The first-order valence-electron chi connectivity index (χ1n) is 6.22. The van der Waals surface area contributed by atoms with Gasteiger partial charge in [-0.25, -0.2) is 0 Å². The summed E-state index contributed by atoms with van der Waals surface area (Å²) in [5, 5.41) is 9.55. The molecule has 0 aromatic carbocycles. The smallest absolute Gasteiger partial charge is 0.303 e. The summed E-state index contributed by atoms with van der Waals surface area (Å²) in [6, 6.07) is 0. The van der Waals surface area contributed by atoms with Crippen molar-refractivity contribution in [2.24, 2.45) is 0 Å². The lowest BCUT2D eigenvalue weighted by molar-refractivity contribution is -0.137. The van der Waals surface area contributed by atoms with E-state index in [1.807, 2.05) is 0 Å². The Morgan fingerprint density at radius 2 is 2.35 bits per heavy atom. The molecule has 1 aliphatic heterocycles. The number of carbonyl (C=O) groups is 1. The molecule has 8 heteroatoms. The molecule has 0 saturated carbocycles. The van der Waals surface area contributed by atoms with E-state index in [1.54, 1.807) is 11.8 Å². The van der Waals surface area contributed by atoms with Gasteiger partial charge in [0.1, 0.15) is 10.7 Å². The quantitative estimate of drug-likeness (QED) is 0.636. The largest absolute Gasteiger partial charge is 0.481 e. The van der Waals surface area contributed by atoms with Crippen molar-refractivity contribution in [2.75, 3.05) is 25.9 Å². The first-order chi connectivity index (χ1) is 9.16. The molecule has 5 nitrogen and oxygen atoms in total. The Labute approximate surface area is 133 Å². The van der Waals surface area contributed by atoms with Crippen molar-refractivity contribution in [3.63, 3.8) is 0 Å². The van der Waals surface area contributed by atoms with Gasteiger partial charge >= 0.3 is 5.97 Å². The minimum atomic E-state index is -0.742. The Morgan fingerprint density at radius 1 is 1.55 bits per heavy atom. The van der Waals surface area contributed by atoms with Crippen LogP contribution in [0.4, 0.5) is 0 Å². The van der Waals surface area contributed by atoms with Gasteiger partial charge in [-0.05, 0) is 25.5 Å². The van der Waals surface area contributed by atoms with Gasteiger partial charge in [-0.1, -0.05) is 6.08 Å². The summed E-state index contributed by atoms with van der Waals surface area (Å²) >= 11 is 2.83. The molecule has 2 rings (SSSR count). The summed E-state index contributed by atoms with van der Waals surface area (Å²) < 4.78 is 8.71. The van der Waals surface area contributed by atoms with Gasteiger partial charge in [-0.3, -0.25) is 4.79 Å². The first-order valence-corrected chi connectivity index (χ1v) is 7.93. The van der Waals surface area contributed by atoms with Gasteiger partial charge < -0.3 is 10.0 Å². The number of aromatic nitrogens is 2. The van der Waals surface area contributed by atoms with Crippen LogP contribution >= 0.6 is 35.9 Å². The minimum absolute atomic E-state index is 0. The highest BCUT2D eigenvalue weighted by atomic mass is 35.5. The Balaban J connectivity index is 0.00000200. The van der Waals surface area contributed by atoms with Crippen LogP contribution in [0.3, 0.4) is 0 Å². The van der Waals surface area contributed by atoms with Crippen molar-refractivity contribution in [2.45, 2.75) is 24.3 Å². The number of carboxylic acids is 1. The average Bonchev–Trinajstić information content (AvgIpc) is 2.83. The van der Waals surface area contributed by atoms with Crippen molar-refractivity contribution >= 4 is 47.4 Å². The Kier molecular flexibility index (Phi) is 7.50. The molecule has 1 N–H and O–H groups in total. The van der Waals surface area contributed by atoms with E-state index in [9.17, 15) is 4.79 Å². The highest BCUT2D eigenvalue weighted by Gasteiger charge is 2.17. The van der Waals surface area contributed by atoms with Crippen LogP contribution in [-0.2, 0) is 4.79 Å². The molecule has 2 heterocycles. The number of hydrogen-bond acceptors (Lipinski definition) is 6. The maximum atomic E-state index is 10.5. The number of likely N-dealkylation sites (N-methyl/N-ethyl adjacent to an activating group) is 1. The van der Waals surface area contributed by atoms with Gasteiger partial charge in [0.2, 0.25) is 0 Å². The molecule has 1 aromatic rings. The number of halogens is 1. The second-order valence-electron chi connectivity index (χ2n) is 4.52. The Bertz CT molecular complexity index is 479. The van der Waals surface area contributed by atoms with Crippen LogP contribution in [0.5, 0.6) is 0 Å². The highest BCUT2D eigenvalue weighted by Crippen LogP contribution is 2.29. The van der Waals surface area contributed by atoms with E-state index in [-0.39, 0.29) is 18.8 Å². The monoisotopic (exact) mass is 335 g/mol. The second kappa shape index (κ2) is 8.61. The molecule has 112 valence electrons. The topological polar surface area (TPSA) is 66.3 Å². The van der Waals surface area contributed by atoms with E-state index in [0.717, 1.165) is 36.0 Å². The fourth-order valence-corrected chi connectivity index (χ4v) is 3.58. The van der Waals surface area contributed by atoms with Crippen LogP contribution in [-0.4, -0.2) is 50.6 Å². The van der Waals surface area contributed by atoms with Crippen LogP contribution < -0.4 is 0 Å². The van der Waals surface area contributed by atoms with Gasteiger partial charge in [-0.15, -0.1) is 24.2 Å². The van der Waals surface area contributed by atoms with Crippen molar-refractivity contribution in [3.05, 3.63) is 11.8 Å². The molecular formula is C12H18ClN3O2S2. The molecule has 1 aromatic heterocycles. The third-order valence-corrected chi connectivity index (χ3v) is 4.57. The van der Waals surface area contributed by atoms with Gasteiger partial charge in [-0.2, -0.15) is 8.75 Å². The molecule has 0 spiro atoms. The maximum absolute atomic E-state index is 10.5. The SMILES string of the molecule is CN1CCC=C(c2nsnc2SCCCC(=O)O)C1.Cl. The van der Waals surface area contributed by atoms with Gasteiger partial charge in [0, 0.05) is 25.3 Å². The van der Waals surface area contributed by atoms with Crippen molar-refractivity contribution in [1.29, 1.82) is 0 Å². The van der Waals surface area contributed by atoms with Crippen molar-refractivity contribution < 1.29 is 9.90 Å². The Hall–Kier alpha value is -0.630. The zero-order chi connectivity index (χ0) is 13.7. The number of hydrogen-bond donors (Lipinski definition) is 1. The lowest BCUT2D eigenvalue weighted by Crippen LogP contribution is -2.25. The molecule has 0 atom stereocenters. The average molecular weight is 336 g/mol. The zero-order valence-corrected chi connectivity index (χ0v) is 13.7. The fraction of sp³-hybridized carbons (Fsp3) is 0.583. The lowest BCUT2D eigenvalue weighted by atomic mass is 10.1. The third kappa shape index (κ3) is 5.05. The predicted octanol–water partition coefficient (Wildman–Crippen LogP) is 2.64. The molecule has 0 unspecified atom stereocenters. The standard InChI is InChI=1S/C12H17N3O2S2.ClH/c1-15-6-2-4-9(8-15)11-12(14-19-13-11)18-7-3-5-10(16)17;/h4H,2-3,5-8H2,1H3,(H,16,17);1H. The molecule has 0 radical (unpaired) electrons. The maximum Gasteiger partial charge on any atom is 0.303 e. The molecule has 1 aliphatic rings. The number of rotatable bonds is 6. The summed E-state index contributed by atoms with van der Waals surface area (Å²) in [6.45, 7) is 2.00. The van der Waals surface area contributed by atoms with Crippen LogP contribution in [0.15, 0.2) is 11.1 Å². The summed E-state index contributed by atoms with van der Waals surface area (Å²) in [5.41, 5.74) is 2.22. The second-order valence-corrected chi connectivity index (χ2v) is 6.13. The minimum Gasteiger partial charge on any atom is -0.481 e. The predicted molar refractivity (Wildman–Crippen MR) is 84.8 cm³/mol. The summed E-state index contributed by atoms with van der Waals surface area (Å²) in [6.07, 6.45) is 4.16. The van der Waals surface area contributed by atoms with Crippen LogP contribution in [0.2, 0.25) is 0 Å². The van der Waals surface area contributed by atoms with E-state index < -0.39 is 5.97 Å². The van der Waals surface area contributed by atoms with Gasteiger partial charge in [0.05, 0.1) is 11.7 Å². The summed E-state index contributed by atoms with van der Waals surface area (Å²) in [7, 11) is 2.10. The van der Waals surface area contributed by atoms with E-state index in [0.29, 0.717) is 6.42 Å². The number of nitrogens with zero attached hydrogens (tertiary/aromatic N) is 3. The molecule has 0 fully saturated rings. The lowest BCUT2D eigenvalue weighted by Gasteiger charge is -2.22. The van der Waals surface area contributed by atoms with E-state index in [2.05, 4.69) is 26.8 Å². The van der Waals surface area contributed by atoms with E-state index >= 15 is 0 Å².